The van der Waals surface area contributed by atoms with Gasteiger partial charge in [-0.15, -0.1) is 0 Å². The molecule has 0 fully saturated rings. The van der Waals surface area contributed by atoms with E-state index >= 15 is 0 Å². The standard InChI is InChI=1S/C14H15N5O/c1-19-13(4-6-18-19)10-17-14(20)12-7-11(3-2-5-15)8-16-9-12/h4,6-9H,5,10,15H2,1H3,(H,17,20). The number of hydrogen-bond acceptors (Lipinski definition) is 4. The van der Waals surface area contributed by atoms with E-state index in [4.69, 9.17) is 5.73 Å². The highest BCUT2D eigenvalue weighted by molar-refractivity contribution is 5.94. The Morgan fingerprint density at radius 2 is 2.35 bits per heavy atom. The maximum absolute atomic E-state index is 12.0. The molecule has 0 aromatic carbocycles. The van der Waals surface area contributed by atoms with Crippen molar-refractivity contribution in [2.75, 3.05) is 6.54 Å². The molecule has 2 aromatic rings. The second kappa shape index (κ2) is 6.50. The monoisotopic (exact) mass is 269 g/mol. The van der Waals surface area contributed by atoms with Gasteiger partial charge in [-0.1, -0.05) is 11.8 Å². The van der Waals surface area contributed by atoms with Gasteiger partial charge in [-0.3, -0.25) is 14.5 Å². The van der Waals surface area contributed by atoms with Crippen LogP contribution in [-0.4, -0.2) is 27.2 Å². The minimum atomic E-state index is -0.199. The predicted octanol–water partition coefficient (Wildman–Crippen LogP) is 0.0553. The van der Waals surface area contributed by atoms with E-state index in [1.807, 2.05) is 13.1 Å². The van der Waals surface area contributed by atoms with Gasteiger partial charge in [-0.2, -0.15) is 5.10 Å². The average molecular weight is 269 g/mol. The molecule has 0 saturated carbocycles. The van der Waals surface area contributed by atoms with Gasteiger partial charge >= 0.3 is 0 Å². The SMILES string of the molecule is Cn1nccc1CNC(=O)c1cncc(C#CCN)c1. The Hall–Kier alpha value is -2.65. The molecule has 0 atom stereocenters. The number of carbonyl (C=O) groups is 1. The number of aromatic nitrogens is 3. The van der Waals surface area contributed by atoms with Crippen LogP contribution in [0.25, 0.3) is 0 Å². The van der Waals surface area contributed by atoms with Crippen molar-refractivity contribution in [3.8, 4) is 11.8 Å². The molecule has 0 unspecified atom stereocenters. The van der Waals surface area contributed by atoms with Crippen LogP contribution in [0.15, 0.2) is 30.7 Å². The summed E-state index contributed by atoms with van der Waals surface area (Å²) < 4.78 is 1.71. The number of pyridine rings is 1. The van der Waals surface area contributed by atoms with E-state index in [2.05, 4.69) is 27.2 Å². The molecule has 1 amide bonds. The van der Waals surface area contributed by atoms with Gasteiger partial charge in [-0.05, 0) is 12.1 Å². The molecule has 102 valence electrons. The fraction of sp³-hybridized carbons (Fsp3) is 0.214. The molecule has 2 rings (SSSR count). The van der Waals surface area contributed by atoms with Crippen LogP contribution in [0.3, 0.4) is 0 Å². The quantitative estimate of drug-likeness (QED) is 0.771. The number of hydrogen-bond donors (Lipinski definition) is 2. The maximum atomic E-state index is 12.0. The summed E-state index contributed by atoms with van der Waals surface area (Å²) in [4.78, 5) is 16.0. The molecule has 6 nitrogen and oxygen atoms in total. The zero-order valence-corrected chi connectivity index (χ0v) is 11.1. The van der Waals surface area contributed by atoms with E-state index < -0.39 is 0 Å². The normalized spacial score (nSPS) is 9.70. The number of rotatable bonds is 3. The lowest BCUT2D eigenvalue weighted by Gasteiger charge is -2.05. The molecule has 0 spiro atoms. The predicted molar refractivity (Wildman–Crippen MR) is 74.5 cm³/mol. The first-order chi connectivity index (χ1) is 9.70. The number of nitrogens with two attached hydrogens (primary N) is 1. The molecule has 3 N–H and O–H groups in total. The van der Waals surface area contributed by atoms with Crippen molar-refractivity contribution < 1.29 is 4.79 Å². The Bertz CT molecular complexity index is 665. The van der Waals surface area contributed by atoms with Gasteiger partial charge in [-0.25, -0.2) is 0 Å². The Morgan fingerprint density at radius 3 is 3.05 bits per heavy atom. The minimum absolute atomic E-state index is 0.199. The lowest BCUT2D eigenvalue weighted by molar-refractivity contribution is 0.0949. The molecule has 0 aliphatic rings. The summed E-state index contributed by atoms with van der Waals surface area (Å²) in [5, 5.41) is 6.85. The molecular formula is C14H15N5O. The molecule has 0 bridgehead atoms. The lowest BCUT2D eigenvalue weighted by Crippen LogP contribution is -2.24. The van der Waals surface area contributed by atoms with Gasteiger partial charge in [0.2, 0.25) is 0 Å². The van der Waals surface area contributed by atoms with Crippen LogP contribution in [0.2, 0.25) is 0 Å². The van der Waals surface area contributed by atoms with E-state index in [1.165, 1.54) is 6.20 Å². The summed E-state index contributed by atoms with van der Waals surface area (Å²) in [7, 11) is 1.83. The summed E-state index contributed by atoms with van der Waals surface area (Å²) >= 11 is 0. The van der Waals surface area contributed by atoms with E-state index in [0.717, 1.165) is 5.69 Å². The van der Waals surface area contributed by atoms with Crippen LogP contribution in [0.4, 0.5) is 0 Å². The minimum Gasteiger partial charge on any atom is -0.346 e. The zero-order chi connectivity index (χ0) is 14.4. The fourth-order valence-corrected chi connectivity index (χ4v) is 1.63. The van der Waals surface area contributed by atoms with Crippen molar-refractivity contribution in [3.05, 3.63) is 47.5 Å². The second-order valence-corrected chi connectivity index (χ2v) is 4.10. The molecular weight excluding hydrogens is 254 g/mol. The highest BCUT2D eigenvalue weighted by Gasteiger charge is 2.07. The van der Waals surface area contributed by atoms with Gasteiger partial charge in [0.05, 0.1) is 24.3 Å². The van der Waals surface area contributed by atoms with Gasteiger partial charge in [0.25, 0.3) is 5.91 Å². The Morgan fingerprint density at radius 1 is 1.50 bits per heavy atom. The number of aryl methyl sites for hydroxylation is 1. The van der Waals surface area contributed by atoms with Crippen LogP contribution in [0.1, 0.15) is 21.6 Å². The van der Waals surface area contributed by atoms with Crippen molar-refractivity contribution in [1.82, 2.24) is 20.1 Å². The van der Waals surface area contributed by atoms with Gasteiger partial charge in [0.1, 0.15) is 0 Å². The third-order valence-electron chi connectivity index (χ3n) is 2.69. The van der Waals surface area contributed by atoms with Crippen LogP contribution >= 0.6 is 0 Å². The second-order valence-electron chi connectivity index (χ2n) is 4.10. The molecule has 0 aliphatic carbocycles. The van der Waals surface area contributed by atoms with Crippen LogP contribution in [0.5, 0.6) is 0 Å². The molecule has 20 heavy (non-hydrogen) atoms. The maximum Gasteiger partial charge on any atom is 0.253 e. The Balaban J connectivity index is 2.04. The highest BCUT2D eigenvalue weighted by Crippen LogP contribution is 2.02. The number of nitrogens with one attached hydrogen (secondary N) is 1. The summed E-state index contributed by atoms with van der Waals surface area (Å²) in [5.41, 5.74) is 7.37. The molecule has 0 aliphatic heterocycles. The largest absolute Gasteiger partial charge is 0.346 e. The first-order valence-corrected chi connectivity index (χ1v) is 6.10. The van der Waals surface area contributed by atoms with Crippen LogP contribution in [0, 0.1) is 11.8 Å². The van der Waals surface area contributed by atoms with Gasteiger partial charge in [0, 0.05) is 31.2 Å². The zero-order valence-electron chi connectivity index (χ0n) is 11.1. The third kappa shape index (κ3) is 3.43. The highest BCUT2D eigenvalue weighted by atomic mass is 16.1. The molecule has 2 heterocycles. The smallest absolute Gasteiger partial charge is 0.253 e. The first kappa shape index (κ1) is 13.8. The van der Waals surface area contributed by atoms with Crippen molar-refractivity contribution in [2.45, 2.75) is 6.54 Å². The molecule has 0 radical (unpaired) electrons. The Kier molecular flexibility index (Phi) is 4.47. The van der Waals surface area contributed by atoms with E-state index in [0.29, 0.717) is 17.7 Å². The number of carbonyl (C=O) groups excluding carboxylic acids is 1. The average Bonchev–Trinajstić information content (AvgIpc) is 2.88. The summed E-state index contributed by atoms with van der Waals surface area (Å²) in [6.07, 6.45) is 4.79. The topological polar surface area (TPSA) is 85.8 Å². The van der Waals surface area contributed by atoms with Crippen LogP contribution in [-0.2, 0) is 13.6 Å². The summed E-state index contributed by atoms with van der Waals surface area (Å²) in [6.45, 7) is 0.685. The first-order valence-electron chi connectivity index (χ1n) is 6.10. The third-order valence-corrected chi connectivity index (χ3v) is 2.69. The van der Waals surface area contributed by atoms with Crippen molar-refractivity contribution >= 4 is 5.91 Å². The van der Waals surface area contributed by atoms with Crippen molar-refractivity contribution in [2.24, 2.45) is 12.8 Å². The van der Waals surface area contributed by atoms with E-state index in [1.54, 1.807) is 23.1 Å². The number of amides is 1. The van der Waals surface area contributed by atoms with Gasteiger partial charge < -0.3 is 11.1 Å². The van der Waals surface area contributed by atoms with E-state index in [9.17, 15) is 4.79 Å². The Labute approximate surface area is 117 Å². The summed E-state index contributed by atoms with van der Waals surface area (Å²) in [6, 6.07) is 3.54. The molecule has 6 heteroatoms. The number of nitrogens with zero attached hydrogens (tertiary/aromatic N) is 3. The fourth-order valence-electron chi connectivity index (χ4n) is 1.63. The molecule has 2 aromatic heterocycles. The van der Waals surface area contributed by atoms with Crippen molar-refractivity contribution in [3.63, 3.8) is 0 Å². The molecule has 0 saturated heterocycles. The van der Waals surface area contributed by atoms with Gasteiger partial charge in [0.15, 0.2) is 0 Å². The lowest BCUT2D eigenvalue weighted by atomic mass is 10.2. The van der Waals surface area contributed by atoms with Crippen molar-refractivity contribution in [1.29, 1.82) is 0 Å². The summed E-state index contributed by atoms with van der Waals surface area (Å²) in [5.74, 6) is 5.37. The van der Waals surface area contributed by atoms with E-state index in [-0.39, 0.29) is 12.5 Å². The van der Waals surface area contributed by atoms with Crippen LogP contribution < -0.4 is 11.1 Å².